The van der Waals surface area contributed by atoms with Gasteiger partial charge in [-0.2, -0.15) is 5.26 Å². The number of aliphatic carboxylic acids is 1. The number of β-amino-alcohol motifs (C(OH)–C–C–N with tert-alkyl or cyclic N) is 1. The Bertz CT molecular complexity index is 2330. The topological polar surface area (TPSA) is 148 Å². The molecule has 0 amide bonds. The van der Waals surface area contributed by atoms with E-state index in [1.165, 1.54) is 34.0 Å². The number of aliphatic hydroxyl groups excluding tert-OH is 1. The summed E-state index contributed by atoms with van der Waals surface area (Å²) in [5, 5.41) is 42.1. The first-order valence-corrected chi connectivity index (χ1v) is 19.5. The van der Waals surface area contributed by atoms with Crippen molar-refractivity contribution >= 4 is 17.6 Å². The van der Waals surface area contributed by atoms with E-state index in [-0.39, 0.29) is 32.7 Å². The minimum atomic E-state index is -1.08. The molecule has 10 nitrogen and oxygen atoms in total. The number of carbonyl (C=O) groups is 1. The van der Waals surface area contributed by atoms with E-state index in [9.17, 15) is 20.3 Å². The first-order valence-electron chi connectivity index (χ1n) is 19.2. The zero-order valence-electron chi connectivity index (χ0n) is 32.4. The molecule has 0 spiro atoms. The Kier molecular flexibility index (Phi) is 12.0. The lowest BCUT2D eigenvalue weighted by Crippen LogP contribution is -2.63. The third-order valence-electron chi connectivity index (χ3n) is 11.0. The second-order valence-corrected chi connectivity index (χ2v) is 16.0. The Labute approximate surface area is 338 Å². The monoisotopic (exact) mass is 786 g/mol. The average Bonchev–Trinajstić information content (AvgIpc) is 3.60. The summed E-state index contributed by atoms with van der Waals surface area (Å²) < 4.78 is 12.6. The third-order valence-corrected chi connectivity index (χ3v) is 11.3. The highest BCUT2D eigenvalue weighted by Gasteiger charge is 2.41. The van der Waals surface area contributed by atoms with Crippen LogP contribution >= 0.6 is 11.6 Å². The van der Waals surface area contributed by atoms with Gasteiger partial charge in [-0.1, -0.05) is 66.2 Å². The summed E-state index contributed by atoms with van der Waals surface area (Å²) in [7, 11) is 0. The molecule has 4 N–H and O–H groups in total. The highest BCUT2D eigenvalue weighted by atomic mass is 35.5. The number of nitrogens with zero attached hydrogens (tertiary/aromatic N) is 3. The van der Waals surface area contributed by atoms with Crippen LogP contribution in [-0.4, -0.2) is 68.6 Å². The SMILES string of the molecule is Cc1c(COc2cc(OCc3cncc(C#N)c3)c(CNC[C@@H](O)CC(=O)O)cc2Cl)cccc1-c1cccc(-c2ccc3c(c2)CC(N2CC(C)(O)C2)C3)c1C. The number of carboxylic acids is 1. The fraction of sp³-hybridized carbons (Fsp3) is 0.326. The van der Waals surface area contributed by atoms with Crippen molar-refractivity contribution in [2.75, 3.05) is 19.6 Å². The zero-order chi connectivity index (χ0) is 40.3. The van der Waals surface area contributed by atoms with Crippen molar-refractivity contribution in [2.45, 2.75) is 77.5 Å². The second kappa shape index (κ2) is 17.1. The summed E-state index contributed by atoms with van der Waals surface area (Å²) in [5.41, 5.74) is 12.0. The van der Waals surface area contributed by atoms with Gasteiger partial charge in [0.05, 0.1) is 28.7 Å². The predicted octanol–water partition coefficient (Wildman–Crippen LogP) is 7.17. The summed E-state index contributed by atoms with van der Waals surface area (Å²) in [6.45, 7) is 8.37. The molecule has 1 aliphatic heterocycles. The van der Waals surface area contributed by atoms with Crippen molar-refractivity contribution in [3.05, 3.63) is 135 Å². The van der Waals surface area contributed by atoms with E-state index in [0.29, 0.717) is 39.3 Å². The third kappa shape index (κ3) is 9.31. The van der Waals surface area contributed by atoms with Crippen molar-refractivity contribution < 1.29 is 29.6 Å². The number of aliphatic hydroxyl groups is 2. The molecule has 11 heteroatoms. The Morgan fingerprint density at radius 1 is 0.947 bits per heavy atom. The summed E-state index contributed by atoms with van der Waals surface area (Å²) in [6.07, 6.45) is 3.70. The molecule has 0 radical (unpaired) electrons. The van der Waals surface area contributed by atoms with Gasteiger partial charge in [-0.3, -0.25) is 14.7 Å². The molecule has 57 heavy (non-hydrogen) atoms. The van der Waals surface area contributed by atoms with Crippen LogP contribution in [0.5, 0.6) is 11.5 Å². The van der Waals surface area contributed by atoms with E-state index in [4.69, 9.17) is 26.2 Å². The lowest BCUT2D eigenvalue weighted by molar-refractivity contribution is -0.139. The fourth-order valence-corrected chi connectivity index (χ4v) is 8.27. The van der Waals surface area contributed by atoms with Crippen LogP contribution in [0, 0.1) is 25.2 Å². The number of halogens is 1. The summed E-state index contributed by atoms with van der Waals surface area (Å²) >= 11 is 6.78. The number of fused-ring (bicyclic) bond motifs is 1. The van der Waals surface area contributed by atoms with Crippen LogP contribution in [-0.2, 0) is 37.4 Å². The summed E-state index contributed by atoms with van der Waals surface area (Å²) in [6, 6.07) is 27.3. The van der Waals surface area contributed by atoms with Crippen LogP contribution < -0.4 is 14.8 Å². The molecule has 2 atom stereocenters. The largest absolute Gasteiger partial charge is 0.488 e. The van der Waals surface area contributed by atoms with Crippen molar-refractivity contribution in [3.63, 3.8) is 0 Å². The van der Waals surface area contributed by atoms with Crippen LogP contribution in [0.3, 0.4) is 0 Å². The average molecular weight is 787 g/mol. The molecule has 7 rings (SSSR count). The molecule has 1 fully saturated rings. The molecule has 4 aromatic carbocycles. The normalized spacial score (nSPS) is 16.3. The summed E-state index contributed by atoms with van der Waals surface area (Å²) in [4.78, 5) is 17.5. The van der Waals surface area contributed by atoms with Crippen LogP contribution in [0.4, 0.5) is 0 Å². The van der Waals surface area contributed by atoms with Crippen molar-refractivity contribution in [1.82, 2.24) is 15.2 Å². The number of nitrogens with one attached hydrogen (secondary N) is 1. The van der Waals surface area contributed by atoms with Gasteiger partial charge >= 0.3 is 5.97 Å². The van der Waals surface area contributed by atoms with Gasteiger partial charge in [0.15, 0.2) is 0 Å². The van der Waals surface area contributed by atoms with E-state index in [2.05, 4.69) is 77.6 Å². The maximum atomic E-state index is 11.0. The van der Waals surface area contributed by atoms with E-state index in [1.54, 1.807) is 24.4 Å². The van der Waals surface area contributed by atoms with E-state index >= 15 is 0 Å². The molecule has 1 unspecified atom stereocenters. The number of nitriles is 1. The molecule has 1 aromatic heterocycles. The Hall–Kier alpha value is -5.28. The number of hydrogen-bond acceptors (Lipinski definition) is 9. The van der Waals surface area contributed by atoms with Gasteiger partial charge < -0.3 is 30.1 Å². The van der Waals surface area contributed by atoms with Gasteiger partial charge in [-0.05, 0) is 95.8 Å². The van der Waals surface area contributed by atoms with Gasteiger partial charge in [0, 0.05) is 61.8 Å². The summed E-state index contributed by atoms with van der Waals surface area (Å²) in [5.74, 6) is -0.184. The first-order chi connectivity index (χ1) is 27.4. The maximum Gasteiger partial charge on any atom is 0.306 e. The van der Waals surface area contributed by atoms with Gasteiger partial charge in [0.2, 0.25) is 0 Å². The smallest absolute Gasteiger partial charge is 0.306 e. The lowest BCUT2D eigenvalue weighted by atomic mass is 9.89. The van der Waals surface area contributed by atoms with E-state index in [1.807, 2.05) is 19.1 Å². The van der Waals surface area contributed by atoms with Gasteiger partial charge in [0.1, 0.15) is 30.8 Å². The fourth-order valence-electron chi connectivity index (χ4n) is 8.03. The molecular weight excluding hydrogens is 740 g/mol. The molecule has 0 saturated carbocycles. The number of benzene rings is 4. The van der Waals surface area contributed by atoms with E-state index in [0.717, 1.165) is 48.2 Å². The minimum absolute atomic E-state index is 0.0616. The Morgan fingerprint density at radius 2 is 1.67 bits per heavy atom. The van der Waals surface area contributed by atoms with Crippen LogP contribution in [0.2, 0.25) is 5.02 Å². The number of likely N-dealkylation sites (tertiary alicyclic amines) is 1. The van der Waals surface area contributed by atoms with Crippen molar-refractivity contribution in [3.8, 4) is 39.8 Å². The number of hydrogen-bond donors (Lipinski definition) is 4. The Balaban J connectivity index is 1.08. The maximum absolute atomic E-state index is 11.0. The number of pyridine rings is 1. The Morgan fingerprint density at radius 3 is 2.42 bits per heavy atom. The molecule has 2 heterocycles. The minimum Gasteiger partial charge on any atom is -0.488 e. The lowest BCUT2D eigenvalue weighted by Gasteiger charge is -2.47. The molecular formula is C46H47ClN4O6. The number of rotatable bonds is 15. The van der Waals surface area contributed by atoms with Gasteiger partial charge in [-0.15, -0.1) is 0 Å². The molecule has 1 saturated heterocycles. The van der Waals surface area contributed by atoms with Crippen LogP contribution in [0.1, 0.15) is 57.9 Å². The predicted molar refractivity (Wildman–Crippen MR) is 219 cm³/mol. The highest BCUT2D eigenvalue weighted by Crippen LogP contribution is 2.39. The second-order valence-electron chi connectivity index (χ2n) is 15.6. The van der Waals surface area contributed by atoms with Crippen molar-refractivity contribution in [2.24, 2.45) is 0 Å². The van der Waals surface area contributed by atoms with Crippen molar-refractivity contribution in [1.29, 1.82) is 5.26 Å². The molecule has 1 aliphatic carbocycles. The highest BCUT2D eigenvalue weighted by molar-refractivity contribution is 6.32. The number of aromatic nitrogens is 1. The van der Waals surface area contributed by atoms with E-state index < -0.39 is 17.7 Å². The molecule has 0 bridgehead atoms. The molecule has 294 valence electrons. The molecule has 2 aliphatic rings. The molecule has 5 aromatic rings. The van der Waals surface area contributed by atoms with Crippen LogP contribution in [0.25, 0.3) is 22.3 Å². The first kappa shape index (κ1) is 39.9. The van der Waals surface area contributed by atoms with Gasteiger partial charge in [-0.25, -0.2) is 0 Å². The quantitative estimate of drug-likeness (QED) is 0.0861. The standard InChI is InChI=1S/C46H47ClN4O6/c1-28-34(25-57-44-18-43(56-24-31-12-30(19-48)20-49-21-31)36(16-42(44)47)22-50-23-38(52)17-45(53)54)6-4-8-40(28)41-9-5-7-39(29(41)2)33-11-10-32-14-37(15-35(32)13-33)51-26-46(3,55)27-51/h4-13,16,18,20-21,37-38,50,52,55H,14-15,17,22-27H2,1-3H3,(H,53,54)/t37?,38-/m0/s1. The zero-order valence-corrected chi connectivity index (χ0v) is 33.1. The number of carboxylic acid groups (broad SMARTS) is 1. The number of ether oxygens (including phenoxy) is 2. The van der Waals surface area contributed by atoms with Gasteiger partial charge in [0.25, 0.3) is 0 Å². The van der Waals surface area contributed by atoms with Crippen LogP contribution in [0.15, 0.2) is 85.2 Å².